The number of ether oxygens (including phenoxy) is 1. The lowest BCUT2D eigenvalue weighted by Gasteiger charge is -2.37. The van der Waals surface area contributed by atoms with Crippen LogP contribution in [0.15, 0.2) is 0 Å². The minimum absolute atomic E-state index is 0.0676. The van der Waals surface area contributed by atoms with Crippen molar-refractivity contribution in [1.29, 1.82) is 0 Å². The van der Waals surface area contributed by atoms with Crippen molar-refractivity contribution in [3.8, 4) is 0 Å². The zero-order valence-corrected chi connectivity index (χ0v) is 12.2. The highest BCUT2D eigenvalue weighted by atomic mass is 32.2. The van der Waals surface area contributed by atoms with E-state index in [4.69, 9.17) is 4.74 Å². The topological polar surface area (TPSA) is 58.6 Å². The van der Waals surface area contributed by atoms with Crippen LogP contribution in [0.25, 0.3) is 0 Å². The van der Waals surface area contributed by atoms with E-state index in [0.29, 0.717) is 18.9 Å². The smallest absolute Gasteiger partial charge is 0.329 e. The van der Waals surface area contributed by atoms with E-state index in [-0.39, 0.29) is 17.9 Å². The number of piperidine rings is 1. The van der Waals surface area contributed by atoms with Crippen LogP contribution in [-0.4, -0.2) is 60.1 Å². The molecule has 0 bridgehead atoms. The average molecular weight is 286 g/mol. The molecule has 108 valence electrons. The molecule has 2 aliphatic rings. The number of hydrogen-bond donors (Lipinski definition) is 1. The third-order valence-electron chi connectivity index (χ3n) is 3.58. The largest absolute Gasteiger partial charge is 0.464 e. The molecule has 2 saturated heterocycles. The van der Waals surface area contributed by atoms with Gasteiger partial charge in [0.25, 0.3) is 0 Å². The maximum absolute atomic E-state index is 12.5. The van der Waals surface area contributed by atoms with E-state index < -0.39 is 6.04 Å². The Morgan fingerprint density at radius 3 is 2.95 bits per heavy atom. The van der Waals surface area contributed by atoms with Gasteiger partial charge in [0.2, 0.25) is 5.91 Å². The molecule has 0 saturated carbocycles. The summed E-state index contributed by atoms with van der Waals surface area (Å²) in [5, 5.41) is 3.26. The quantitative estimate of drug-likeness (QED) is 0.771. The summed E-state index contributed by atoms with van der Waals surface area (Å²) in [6.45, 7) is 3.70. The van der Waals surface area contributed by atoms with E-state index in [9.17, 15) is 9.59 Å². The first-order valence-corrected chi connectivity index (χ1v) is 8.17. The van der Waals surface area contributed by atoms with Gasteiger partial charge in [-0.25, -0.2) is 4.79 Å². The van der Waals surface area contributed by atoms with Crippen molar-refractivity contribution >= 4 is 23.6 Å². The molecule has 0 aromatic carbocycles. The van der Waals surface area contributed by atoms with Crippen LogP contribution in [0, 0.1) is 0 Å². The molecule has 19 heavy (non-hydrogen) atoms. The molecule has 0 aromatic heterocycles. The molecular weight excluding hydrogens is 264 g/mol. The molecule has 2 fully saturated rings. The van der Waals surface area contributed by atoms with Crippen molar-refractivity contribution in [1.82, 2.24) is 10.2 Å². The minimum atomic E-state index is -0.407. The highest BCUT2D eigenvalue weighted by Crippen LogP contribution is 2.20. The molecule has 2 heterocycles. The first kappa shape index (κ1) is 14.7. The van der Waals surface area contributed by atoms with E-state index in [1.807, 2.05) is 0 Å². The van der Waals surface area contributed by atoms with Crippen LogP contribution in [0.4, 0.5) is 0 Å². The highest BCUT2D eigenvalue weighted by Gasteiger charge is 2.36. The van der Waals surface area contributed by atoms with Crippen LogP contribution in [0.5, 0.6) is 0 Å². The second-order valence-electron chi connectivity index (χ2n) is 4.88. The first-order chi connectivity index (χ1) is 9.24. The second-order valence-corrected chi connectivity index (χ2v) is 6.03. The van der Waals surface area contributed by atoms with Crippen LogP contribution >= 0.6 is 11.8 Å². The Hall–Kier alpha value is -0.750. The summed E-state index contributed by atoms with van der Waals surface area (Å²) in [5.74, 6) is 1.35. The fourth-order valence-electron chi connectivity index (χ4n) is 2.56. The van der Waals surface area contributed by atoms with E-state index in [2.05, 4.69) is 5.32 Å². The normalized spacial score (nSPS) is 27.9. The predicted molar refractivity (Wildman–Crippen MR) is 75.1 cm³/mol. The van der Waals surface area contributed by atoms with E-state index in [1.54, 1.807) is 23.6 Å². The van der Waals surface area contributed by atoms with E-state index in [1.165, 1.54) is 0 Å². The minimum Gasteiger partial charge on any atom is -0.464 e. The molecule has 2 atom stereocenters. The molecule has 5 nitrogen and oxygen atoms in total. The van der Waals surface area contributed by atoms with Crippen molar-refractivity contribution in [2.24, 2.45) is 0 Å². The Balaban J connectivity index is 2.01. The van der Waals surface area contributed by atoms with Crippen LogP contribution < -0.4 is 5.32 Å². The van der Waals surface area contributed by atoms with E-state index >= 15 is 0 Å². The van der Waals surface area contributed by atoms with Crippen molar-refractivity contribution in [3.05, 3.63) is 0 Å². The molecule has 6 heteroatoms. The standard InChI is InChI=1S/C13H22N2O3S/c1-2-18-13(17)11-9-19-8-7-15(11)12(16)10-5-3-4-6-14-10/h10-11,14H,2-9H2,1H3. The predicted octanol–water partition coefficient (Wildman–Crippen LogP) is 0.636. The molecular formula is C13H22N2O3S. The summed E-state index contributed by atoms with van der Waals surface area (Å²) in [5.41, 5.74) is 0. The Morgan fingerprint density at radius 1 is 1.42 bits per heavy atom. The molecule has 1 N–H and O–H groups in total. The van der Waals surface area contributed by atoms with Gasteiger partial charge in [0.05, 0.1) is 12.6 Å². The molecule has 0 aliphatic carbocycles. The summed E-state index contributed by atoms with van der Waals surface area (Å²) in [6, 6.07) is -0.524. The van der Waals surface area contributed by atoms with Gasteiger partial charge in [-0.1, -0.05) is 6.42 Å². The van der Waals surface area contributed by atoms with Crippen molar-refractivity contribution in [2.45, 2.75) is 38.3 Å². The van der Waals surface area contributed by atoms with Crippen LogP contribution in [0.3, 0.4) is 0 Å². The molecule has 2 unspecified atom stereocenters. The first-order valence-electron chi connectivity index (χ1n) is 7.02. The summed E-state index contributed by atoms with van der Waals surface area (Å²) in [6.07, 6.45) is 3.08. The Morgan fingerprint density at radius 2 is 2.26 bits per heavy atom. The number of hydrogen-bond acceptors (Lipinski definition) is 5. The Labute approximate surface area is 118 Å². The fourth-order valence-corrected chi connectivity index (χ4v) is 3.60. The molecule has 2 rings (SSSR count). The van der Waals surface area contributed by atoms with Crippen LogP contribution in [-0.2, 0) is 14.3 Å². The van der Waals surface area contributed by atoms with Gasteiger partial charge in [0.1, 0.15) is 6.04 Å². The third-order valence-corrected chi connectivity index (χ3v) is 4.60. The highest BCUT2D eigenvalue weighted by molar-refractivity contribution is 7.99. The maximum atomic E-state index is 12.5. The number of amides is 1. The van der Waals surface area contributed by atoms with Gasteiger partial charge >= 0.3 is 5.97 Å². The second kappa shape index (κ2) is 7.14. The number of esters is 1. The third kappa shape index (κ3) is 3.63. The van der Waals surface area contributed by atoms with Gasteiger partial charge in [-0.05, 0) is 26.3 Å². The molecule has 0 radical (unpaired) electrons. The maximum Gasteiger partial charge on any atom is 0.329 e. The Kier molecular flexibility index (Phi) is 5.51. The monoisotopic (exact) mass is 286 g/mol. The van der Waals surface area contributed by atoms with Crippen LogP contribution in [0.1, 0.15) is 26.2 Å². The molecule has 1 amide bonds. The number of thioether (sulfide) groups is 1. The van der Waals surface area contributed by atoms with E-state index in [0.717, 1.165) is 31.6 Å². The SMILES string of the molecule is CCOC(=O)C1CSCCN1C(=O)C1CCCCN1. The van der Waals surface area contributed by atoms with Crippen LogP contribution in [0.2, 0.25) is 0 Å². The van der Waals surface area contributed by atoms with Gasteiger partial charge in [-0.15, -0.1) is 0 Å². The lowest BCUT2D eigenvalue weighted by atomic mass is 10.0. The fraction of sp³-hybridized carbons (Fsp3) is 0.846. The zero-order chi connectivity index (χ0) is 13.7. The summed E-state index contributed by atoms with van der Waals surface area (Å²) in [4.78, 5) is 26.2. The van der Waals surface area contributed by atoms with Gasteiger partial charge in [0.15, 0.2) is 0 Å². The van der Waals surface area contributed by atoms with Crippen molar-refractivity contribution in [2.75, 3.05) is 31.2 Å². The summed E-state index contributed by atoms with van der Waals surface area (Å²) < 4.78 is 5.08. The zero-order valence-electron chi connectivity index (χ0n) is 11.4. The molecule has 0 aromatic rings. The van der Waals surface area contributed by atoms with Gasteiger partial charge in [-0.3, -0.25) is 4.79 Å². The number of rotatable bonds is 3. The lowest BCUT2D eigenvalue weighted by molar-refractivity contribution is -0.154. The summed E-state index contributed by atoms with van der Waals surface area (Å²) in [7, 11) is 0. The van der Waals surface area contributed by atoms with Gasteiger partial charge in [-0.2, -0.15) is 11.8 Å². The average Bonchev–Trinajstić information content (AvgIpc) is 2.47. The molecule has 2 aliphatic heterocycles. The number of nitrogens with zero attached hydrogens (tertiary/aromatic N) is 1. The number of nitrogens with one attached hydrogen (secondary N) is 1. The van der Waals surface area contributed by atoms with Crippen molar-refractivity contribution in [3.63, 3.8) is 0 Å². The Bertz CT molecular complexity index is 332. The van der Waals surface area contributed by atoms with Crippen molar-refractivity contribution < 1.29 is 14.3 Å². The number of carbonyl (C=O) groups excluding carboxylic acids is 2. The van der Waals surface area contributed by atoms with Gasteiger partial charge < -0.3 is 15.0 Å². The number of carbonyl (C=O) groups is 2. The lowest BCUT2D eigenvalue weighted by Crippen LogP contribution is -2.57. The van der Waals surface area contributed by atoms with Gasteiger partial charge in [0, 0.05) is 18.1 Å². The summed E-state index contributed by atoms with van der Waals surface area (Å²) >= 11 is 1.71. The molecule has 0 spiro atoms.